The molecule has 7 nitrogen and oxygen atoms in total. The van der Waals surface area contributed by atoms with Crippen LogP contribution in [0.15, 0.2) is 33.9 Å². The fourth-order valence-corrected chi connectivity index (χ4v) is 3.29. The molecule has 8 heteroatoms. The third-order valence-electron chi connectivity index (χ3n) is 4.13. The molecule has 0 saturated carbocycles. The van der Waals surface area contributed by atoms with Crippen LogP contribution in [0.3, 0.4) is 0 Å². The number of hydrogen-bond acceptors (Lipinski definition) is 7. The molecule has 0 atom stereocenters. The maximum absolute atomic E-state index is 12.4. The van der Waals surface area contributed by atoms with Gasteiger partial charge in [-0.05, 0) is 44.3 Å². The van der Waals surface area contributed by atoms with Crippen LogP contribution in [0.2, 0.25) is 0 Å². The van der Waals surface area contributed by atoms with Crippen molar-refractivity contribution in [2.75, 3.05) is 46.1 Å². The third kappa shape index (κ3) is 4.73. The van der Waals surface area contributed by atoms with Gasteiger partial charge in [-0.15, -0.1) is 10.2 Å². The van der Waals surface area contributed by atoms with Gasteiger partial charge >= 0.3 is 0 Å². The van der Waals surface area contributed by atoms with E-state index in [1.807, 2.05) is 29.2 Å². The number of aromatic nitrogens is 2. The average Bonchev–Trinajstić information content (AvgIpc) is 3.01. The summed E-state index contributed by atoms with van der Waals surface area (Å²) in [7, 11) is 3.71. The summed E-state index contributed by atoms with van der Waals surface area (Å²) in [5.74, 6) is 1.64. The molecule has 134 valence electrons. The molecule has 0 radical (unpaired) electrons. The second-order valence-electron chi connectivity index (χ2n) is 5.93. The molecule has 0 spiro atoms. The topological polar surface area (TPSA) is 71.7 Å². The molecule has 3 rings (SSSR count). The summed E-state index contributed by atoms with van der Waals surface area (Å²) in [4.78, 5) is 16.5. The number of nitrogens with zero attached hydrogens (tertiary/aromatic N) is 4. The summed E-state index contributed by atoms with van der Waals surface area (Å²) in [6, 6.07) is 7.40. The van der Waals surface area contributed by atoms with Crippen molar-refractivity contribution in [1.82, 2.24) is 20.0 Å². The number of benzene rings is 1. The highest BCUT2D eigenvalue weighted by Gasteiger charge is 2.19. The largest absolute Gasteiger partial charge is 0.497 e. The number of thioether (sulfide) groups is 1. The first kappa shape index (κ1) is 17.8. The number of rotatable bonds is 5. The highest BCUT2D eigenvalue weighted by molar-refractivity contribution is 7.99. The van der Waals surface area contributed by atoms with Gasteiger partial charge < -0.3 is 19.0 Å². The zero-order chi connectivity index (χ0) is 17.6. The number of carbonyl (C=O) groups excluding carboxylic acids is 1. The number of ether oxygens (including phenoxy) is 1. The van der Waals surface area contributed by atoms with E-state index in [9.17, 15) is 4.79 Å². The van der Waals surface area contributed by atoms with Crippen molar-refractivity contribution in [3.05, 3.63) is 24.3 Å². The van der Waals surface area contributed by atoms with Crippen LogP contribution in [-0.4, -0.2) is 72.0 Å². The Kier molecular flexibility index (Phi) is 5.93. The number of amides is 1. The van der Waals surface area contributed by atoms with E-state index >= 15 is 0 Å². The summed E-state index contributed by atoms with van der Waals surface area (Å²) in [5, 5.41) is 8.47. The lowest BCUT2D eigenvalue weighted by Gasteiger charge is -2.19. The quantitative estimate of drug-likeness (QED) is 0.753. The lowest BCUT2D eigenvalue weighted by molar-refractivity contribution is -0.128. The van der Waals surface area contributed by atoms with Crippen LogP contribution in [0, 0.1) is 0 Å². The minimum atomic E-state index is 0.115. The van der Waals surface area contributed by atoms with Crippen molar-refractivity contribution in [2.45, 2.75) is 11.6 Å². The zero-order valence-corrected chi connectivity index (χ0v) is 15.3. The Morgan fingerprint density at radius 2 is 2.00 bits per heavy atom. The van der Waals surface area contributed by atoms with Gasteiger partial charge in [-0.1, -0.05) is 11.8 Å². The van der Waals surface area contributed by atoms with E-state index in [0.29, 0.717) is 16.9 Å². The number of likely N-dealkylation sites (N-methyl/N-ethyl adjacent to an activating group) is 1. The molecule has 25 heavy (non-hydrogen) atoms. The predicted molar refractivity (Wildman–Crippen MR) is 95.7 cm³/mol. The first-order chi connectivity index (χ1) is 12.2. The van der Waals surface area contributed by atoms with Crippen molar-refractivity contribution < 1.29 is 13.9 Å². The van der Waals surface area contributed by atoms with Crippen LogP contribution < -0.4 is 4.74 Å². The highest BCUT2D eigenvalue weighted by atomic mass is 32.2. The first-order valence-corrected chi connectivity index (χ1v) is 9.21. The van der Waals surface area contributed by atoms with E-state index in [1.165, 1.54) is 11.8 Å². The van der Waals surface area contributed by atoms with Gasteiger partial charge in [0.1, 0.15) is 5.75 Å². The van der Waals surface area contributed by atoms with Gasteiger partial charge in [-0.3, -0.25) is 4.79 Å². The lowest BCUT2D eigenvalue weighted by atomic mass is 10.2. The molecule has 0 N–H and O–H groups in total. The van der Waals surface area contributed by atoms with E-state index in [2.05, 4.69) is 22.1 Å². The molecule has 2 aromatic rings. The van der Waals surface area contributed by atoms with Crippen LogP contribution in [0.1, 0.15) is 6.42 Å². The number of methoxy groups -OCH3 is 1. The van der Waals surface area contributed by atoms with Crippen LogP contribution in [0.4, 0.5) is 0 Å². The second-order valence-corrected chi connectivity index (χ2v) is 6.85. The Morgan fingerprint density at radius 3 is 2.76 bits per heavy atom. The highest BCUT2D eigenvalue weighted by Crippen LogP contribution is 2.25. The Labute approximate surface area is 151 Å². The van der Waals surface area contributed by atoms with Crippen LogP contribution >= 0.6 is 11.8 Å². The van der Waals surface area contributed by atoms with Crippen LogP contribution in [-0.2, 0) is 4.79 Å². The normalized spacial score (nSPS) is 15.8. The number of hydrogen-bond donors (Lipinski definition) is 0. The van der Waals surface area contributed by atoms with Gasteiger partial charge in [-0.25, -0.2) is 0 Å². The minimum absolute atomic E-state index is 0.115. The average molecular weight is 362 g/mol. The molecule has 1 fully saturated rings. The molecule has 1 aliphatic rings. The Bertz CT molecular complexity index is 704. The van der Waals surface area contributed by atoms with E-state index in [1.54, 1.807) is 7.11 Å². The predicted octanol–water partition coefficient (Wildman–Crippen LogP) is 2.00. The second kappa shape index (κ2) is 8.35. The van der Waals surface area contributed by atoms with Gasteiger partial charge in [0.2, 0.25) is 11.8 Å². The SMILES string of the molecule is COc1ccc(-c2nnc(SCC(=O)N3CCCN(C)CC3)o2)cc1. The zero-order valence-electron chi connectivity index (χ0n) is 14.5. The van der Waals surface area contributed by atoms with E-state index < -0.39 is 0 Å². The lowest BCUT2D eigenvalue weighted by Crippen LogP contribution is -2.35. The maximum Gasteiger partial charge on any atom is 0.277 e. The summed E-state index contributed by atoms with van der Waals surface area (Å²) in [6.45, 7) is 3.53. The van der Waals surface area contributed by atoms with Crippen molar-refractivity contribution in [3.8, 4) is 17.2 Å². The summed E-state index contributed by atoms with van der Waals surface area (Å²) in [6.07, 6.45) is 1.01. The van der Waals surface area contributed by atoms with Gasteiger partial charge in [-0.2, -0.15) is 0 Å². The van der Waals surface area contributed by atoms with Crippen molar-refractivity contribution in [2.24, 2.45) is 0 Å². The Balaban J connectivity index is 1.55. The van der Waals surface area contributed by atoms with Gasteiger partial charge in [0.25, 0.3) is 5.22 Å². The Morgan fingerprint density at radius 1 is 1.20 bits per heavy atom. The van der Waals surface area contributed by atoms with Crippen molar-refractivity contribution >= 4 is 17.7 Å². The summed E-state index contributed by atoms with van der Waals surface area (Å²) in [5.41, 5.74) is 0.821. The van der Waals surface area contributed by atoms with Crippen molar-refractivity contribution in [1.29, 1.82) is 0 Å². The Hall–Kier alpha value is -2.06. The molecular formula is C17H22N4O3S. The maximum atomic E-state index is 12.4. The van der Waals surface area contributed by atoms with Gasteiger partial charge in [0.05, 0.1) is 12.9 Å². The van der Waals surface area contributed by atoms with E-state index in [0.717, 1.165) is 43.9 Å². The summed E-state index contributed by atoms with van der Waals surface area (Å²) >= 11 is 1.28. The molecule has 1 saturated heterocycles. The number of carbonyl (C=O) groups is 1. The van der Waals surface area contributed by atoms with Gasteiger partial charge in [0.15, 0.2) is 0 Å². The molecule has 2 heterocycles. The fraction of sp³-hybridized carbons (Fsp3) is 0.471. The smallest absolute Gasteiger partial charge is 0.277 e. The standard InChI is InChI=1S/C17H22N4O3S/c1-20-8-3-9-21(11-10-20)15(22)12-25-17-19-18-16(24-17)13-4-6-14(23-2)7-5-13/h4-7H,3,8-12H2,1-2H3. The molecule has 1 aromatic heterocycles. The molecule has 1 aliphatic heterocycles. The van der Waals surface area contributed by atoms with E-state index in [4.69, 9.17) is 9.15 Å². The third-order valence-corrected chi connectivity index (χ3v) is 4.94. The molecule has 1 amide bonds. The van der Waals surface area contributed by atoms with Crippen molar-refractivity contribution in [3.63, 3.8) is 0 Å². The molecular weight excluding hydrogens is 340 g/mol. The minimum Gasteiger partial charge on any atom is -0.497 e. The fourth-order valence-electron chi connectivity index (χ4n) is 2.63. The first-order valence-electron chi connectivity index (χ1n) is 8.23. The van der Waals surface area contributed by atoms with Gasteiger partial charge in [0, 0.05) is 25.2 Å². The molecule has 0 unspecified atom stereocenters. The monoisotopic (exact) mass is 362 g/mol. The molecule has 0 aliphatic carbocycles. The summed E-state index contributed by atoms with van der Waals surface area (Å²) < 4.78 is 10.8. The van der Waals surface area contributed by atoms with Crippen LogP contribution in [0.5, 0.6) is 5.75 Å². The molecule has 0 bridgehead atoms. The van der Waals surface area contributed by atoms with Crippen LogP contribution in [0.25, 0.3) is 11.5 Å². The molecule has 1 aromatic carbocycles. The van der Waals surface area contributed by atoms with E-state index in [-0.39, 0.29) is 5.91 Å².